The molecule has 0 heterocycles. The predicted octanol–water partition coefficient (Wildman–Crippen LogP) is 3.12. The maximum absolute atomic E-state index is 2.38. The van der Waals surface area contributed by atoms with E-state index in [1.54, 1.807) is 5.57 Å². The van der Waals surface area contributed by atoms with Crippen molar-refractivity contribution in [1.82, 2.24) is 4.90 Å². The lowest BCUT2D eigenvalue weighted by molar-refractivity contribution is 0.299. The molecule has 2 heteroatoms. The molecule has 0 saturated carbocycles. The zero-order chi connectivity index (χ0) is 13.3. The number of anilines is 1. The molecule has 1 unspecified atom stereocenters. The van der Waals surface area contributed by atoms with E-state index in [1.807, 2.05) is 0 Å². The molecule has 2 nitrogen and oxygen atoms in total. The molecule has 98 valence electrons. The van der Waals surface area contributed by atoms with Crippen LogP contribution in [0.15, 0.2) is 35.9 Å². The second-order valence-electron chi connectivity index (χ2n) is 5.63. The van der Waals surface area contributed by atoms with Gasteiger partial charge < -0.3 is 9.80 Å². The van der Waals surface area contributed by atoms with E-state index in [0.29, 0.717) is 12.0 Å². The van der Waals surface area contributed by atoms with E-state index in [2.05, 4.69) is 75.3 Å². The van der Waals surface area contributed by atoms with Gasteiger partial charge in [-0.05, 0) is 43.8 Å². The molecular formula is C16H24N2. The summed E-state index contributed by atoms with van der Waals surface area (Å²) in [7, 11) is 8.49. The summed E-state index contributed by atoms with van der Waals surface area (Å²) in [5, 5.41) is 0. The summed E-state index contributed by atoms with van der Waals surface area (Å²) in [5.74, 6) is 0.530. The number of rotatable bonds is 4. The molecule has 2 atom stereocenters. The number of nitrogens with zero attached hydrogens (tertiary/aromatic N) is 2. The molecule has 0 fully saturated rings. The standard InChI is InChI=1S/C16H24N2/c1-12(15-10-11-16(15)18(4)5)13-6-8-14(9-7-13)17(2)3/h6-10,12,16H,11H2,1-5H3/t12?,16-/m1/s1. The van der Waals surface area contributed by atoms with Crippen LogP contribution >= 0.6 is 0 Å². The third kappa shape index (κ3) is 2.44. The Labute approximate surface area is 111 Å². The number of hydrogen-bond acceptors (Lipinski definition) is 2. The molecular weight excluding hydrogens is 220 g/mol. The van der Waals surface area contributed by atoms with Gasteiger partial charge in [-0.1, -0.05) is 25.1 Å². The first-order chi connectivity index (χ1) is 8.50. The molecule has 1 aliphatic rings. The Morgan fingerprint density at radius 1 is 1.06 bits per heavy atom. The van der Waals surface area contributed by atoms with Gasteiger partial charge in [-0.25, -0.2) is 0 Å². The minimum atomic E-state index is 0.530. The highest BCUT2D eigenvalue weighted by Gasteiger charge is 2.27. The van der Waals surface area contributed by atoms with E-state index in [9.17, 15) is 0 Å². The second-order valence-corrected chi connectivity index (χ2v) is 5.63. The van der Waals surface area contributed by atoms with Crippen LogP contribution in [0.3, 0.4) is 0 Å². The highest BCUT2D eigenvalue weighted by molar-refractivity contribution is 5.48. The fraction of sp³-hybridized carbons (Fsp3) is 0.500. The first-order valence-electron chi connectivity index (χ1n) is 6.64. The summed E-state index contributed by atoms with van der Waals surface area (Å²) < 4.78 is 0. The van der Waals surface area contributed by atoms with Gasteiger partial charge >= 0.3 is 0 Å². The Bertz CT molecular complexity index is 429. The predicted molar refractivity (Wildman–Crippen MR) is 79.4 cm³/mol. The lowest BCUT2D eigenvalue weighted by Gasteiger charge is -2.36. The van der Waals surface area contributed by atoms with Crippen LogP contribution in [-0.4, -0.2) is 39.1 Å². The molecule has 0 bridgehead atoms. The lowest BCUT2D eigenvalue weighted by Crippen LogP contribution is -2.36. The minimum Gasteiger partial charge on any atom is -0.378 e. The number of hydrogen-bond donors (Lipinski definition) is 0. The molecule has 0 saturated heterocycles. The van der Waals surface area contributed by atoms with Gasteiger partial charge in [0.25, 0.3) is 0 Å². The van der Waals surface area contributed by atoms with Gasteiger partial charge in [0, 0.05) is 31.7 Å². The van der Waals surface area contributed by atoms with Gasteiger partial charge in [0.05, 0.1) is 0 Å². The molecule has 0 aliphatic heterocycles. The lowest BCUT2D eigenvalue weighted by atomic mass is 9.79. The molecule has 0 spiro atoms. The molecule has 0 radical (unpaired) electrons. The zero-order valence-corrected chi connectivity index (χ0v) is 12.1. The third-order valence-corrected chi connectivity index (χ3v) is 3.99. The quantitative estimate of drug-likeness (QED) is 0.751. The van der Waals surface area contributed by atoms with Crippen LogP contribution in [0.25, 0.3) is 0 Å². The Hall–Kier alpha value is -1.28. The first kappa shape index (κ1) is 13.2. The van der Waals surface area contributed by atoms with Gasteiger partial charge in [-0.2, -0.15) is 0 Å². The average Bonchev–Trinajstić information content (AvgIpc) is 2.26. The Kier molecular flexibility index (Phi) is 3.76. The molecule has 0 amide bonds. The van der Waals surface area contributed by atoms with Crippen LogP contribution in [0.5, 0.6) is 0 Å². The molecule has 1 aromatic carbocycles. The molecule has 1 aromatic rings. The van der Waals surface area contributed by atoms with Crippen LogP contribution in [0.4, 0.5) is 5.69 Å². The fourth-order valence-electron chi connectivity index (χ4n) is 2.59. The van der Waals surface area contributed by atoms with Crippen molar-refractivity contribution in [3.05, 3.63) is 41.5 Å². The van der Waals surface area contributed by atoms with E-state index in [1.165, 1.54) is 17.7 Å². The SMILES string of the molecule is CC(C1=CC[C@H]1N(C)C)c1ccc(N(C)C)cc1. The van der Waals surface area contributed by atoms with Crippen molar-refractivity contribution in [2.75, 3.05) is 33.1 Å². The summed E-state index contributed by atoms with van der Waals surface area (Å²) in [6.07, 6.45) is 3.58. The molecule has 18 heavy (non-hydrogen) atoms. The minimum absolute atomic E-state index is 0.530. The molecule has 2 rings (SSSR count). The second kappa shape index (κ2) is 5.15. The van der Waals surface area contributed by atoms with Crippen molar-refractivity contribution in [2.24, 2.45) is 0 Å². The van der Waals surface area contributed by atoms with Crippen molar-refractivity contribution in [2.45, 2.75) is 25.3 Å². The molecule has 1 aliphatic carbocycles. The van der Waals surface area contributed by atoms with E-state index in [4.69, 9.17) is 0 Å². The zero-order valence-electron chi connectivity index (χ0n) is 12.1. The molecule has 0 aromatic heterocycles. The molecule has 0 N–H and O–H groups in total. The van der Waals surface area contributed by atoms with Gasteiger partial charge in [-0.3, -0.25) is 0 Å². The van der Waals surface area contributed by atoms with E-state index in [-0.39, 0.29) is 0 Å². The number of likely N-dealkylation sites (N-methyl/N-ethyl adjacent to an activating group) is 1. The first-order valence-corrected chi connectivity index (χ1v) is 6.64. The Morgan fingerprint density at radius 2 is 1.67 bits per heavy atom. The van der Waals surface area contributed by atoms with Crippen LogP contribution in [0, 0.1) is 0 Å². The van der Waals surface area contributed by atoms with E-state index >= 15 is 0 Å². The monoisotopic (exact) mass is 244 g/mol. The van der Waals surface area contributed by atoms with Crippen molar-refractivity contribution < 1.29 is 0 Å². The van der Waals surface area contributed by atoms with Crippen LogP contribution in [-0.2, 0) is 0 Å². The van der Waals surface area contributed by atoms with E-state index < -0.39 is 0 Å². The maximum atomic E-state index is 2.38. The largest absolute Gasteiger partial charge is 0.378 e. The van der Waals surface area contributed by atoms with Gasteiger partial charge in [0.2, 0.25) is 0 Å². The Balaban J connectivity index is 2.12. The smallest absolute Gasteiger partial charge is 0.0361 e. The van der Waals surface area contributed by atoms with Crippen molar-refractivity contribution in [3.63, 3.8) is 0 Å². The highest BCUT2D eigenvalue weighted by atomic mass is 15.1. The van der Waals surface area contributed by atoms with Crippen molar-refractivity contribution in [3.8, 4) is 0 Å². The summed E-state index contributed by atoms with van der Waals surface area (Å²) in [6, 6.07) is 9.55. The average molecular weight is 244 g/mol. The van der Waals surface area contributed by atoms with Crippen molar-refractivity contribution in [1.29, 1.82) is 0 Å². The van der Waals surface area contributed by atoms with Gasteiger partial charge in [-0.15, -0.1) is 0 Å². The van der Waals surface area contributed by atoms with Crippen LogP contribution < -0.4 is 4.90 Å². The summed E-state index contributed by atoms with van der Waals surface area (Å²) in [6.45, 7) is 2.31. The van der Waals surface area contributed by atoms with Crippen LogP contribution in [0.1, 0.15) is 24.8 Å². The summed E-state index contributed by atoms with van der Waals surface area (Å²) >= 11 is 0. The van der Waals surface area contributed by atoms with Crippen LogP contribution in [0.2, 0.25) is 0 Å². The normalized spacial score (nSPS) is 20.3. The van der Waals surface area contributed by atoms with E-state index in [0.717, 1.165) is 0 Å². The Morgan fingerprint density at radius 3 is 2.06 bits per heavy atom. The maximum Gasteiger partial charge on any atom is 0.0361 e. The van der Waals surface area contributed by atoms with Gasteiger partial charge in [0.1, 0.15) is 0 Å². The fourth-order valence-corrected chi connectivity index (χ4v) is 2.59. The highest BCUT2D eigenvalue weighted by Crippen LogP contribution is 2.36. The van der Waals surface area contributed by atoms with Crippen molar-refractivity contribution >= 4 is 5.69 Å². The third-order valence-electron chi connectivity index (χ3n) is 3.99. The summed E-state index contributed by atoms with van der Waals surface area (Å²) in [4.78, 5) is 4.46. The topological polar surface area (TPSA) is 6.48 Å². The summed E-state index contributed by atoms with van der Waals surface area (Å²) in [5.41, 5.74) is 4.24. The number of benzene rings is 1. The van der Waals surface area contributed by atoms with Gasteiger partial charge in [0.15, 0.2) is 0 Å².